The molecule has 0 aromatic heterocycles. The zero-order valence-electron chi connectivity index (χ0n) is 42.6. The number of rotatable bonds is 19. The van der Waals surface area contributed by atoms with Crippen LogP contribution in [-0.2, 0) is 30.2 Å². The van der Waals surface area contributed by atoms with Crippen LogP contribution in [0.15, 0.2) is 42.5 Å². The molecule has 2 saturated heterocycles. The molecule has 0 spiro atoms. The molecule has 4 aromatic carbocycles. The maximum absolute atomic E-state index is 13.8. The summed E-state index contributed by atoms with van der Waals surface area (Å²) in [5.41, 5.74) is 3.66. The normalized spacial score (nSPS) is 23.4. The van der Waals surface area contributed by atoms with E-state index < -0.39 is 114 Å². The lowest BCUT2D eigenvalue weighted by atomic mass is 9.72. The number of phenols is 4. The topological polar surface area (TPSA) is 367 Å². The SMILES string of the molecule is COc1cccc2c1C(=O)c1c(O)c3c(c(O)c1C2=O)C[C@@](O)(C(=O)CO)C[C@@H]3O[C@H]1C[C@H](N)[C@H](O[C@@H]2CCCCO2)[C@H](C)O1.O=C1c2c(O)ccc(O)c2C(=O)c2c(NCCNCCO)ccc(NCCNCCO)c21. The highest BCUT2D eigenvalue weighted by Crippen LogP contribution is 2.53. The molecule has 0 radical (unpaired) electrons. The van der Waals surface area contributed by atoms with Gasteiger partial charge in [0.2, 0.25) is 17.3 Å². The number of carbonyl (C=O) groups excluding carboxylic acids is 5. The zero-order valence-corrected chi connectivity index (χ0v) is 42.6. The minimum absolute atomic E-state index is 0.00939. The number of ether oxygens (including phenoxy) is 5. The van der Waals surface area contributed by atoms with Crippen LogP contribution < -0.4 is 31.7 Å². The van der Waals surface area contributed by atoms with Crippen molar-refractivity contribution in [1.29, 1.82) is 0 Å². The van der Waals surface area contributed by atoms with Crippen LogP contribution in [0.1, 0.15) is 120 Å². The monoisotopic (exact) mass is 1070 g/mol. The number of phenolic OH excluding ortho intramolecular Hbond substituents is 4. The van der Waals surface area contributed by atoms with Crippen molar-refractivity contribution < 1.29 is 88.5 Å². The van der Waals surface area contributed by atoms with E-state index in [-0.39, 0.29) is 81.4 Å². The molecule has 414 valence electrons. The van der Waals surface area contributed by atoms with Crippen molar-refractivity contribution in [3.8, 4) is 28.7 Å². The number of aromatic hydroxyl groups is 4. The first kappa shape index (κ1) is 56.6. The Balaban J connectivity index is 0.000000216. The minimum Gasteiger partial charge on any atom is -0.507 e. The number of aliphatic hydroxyl groups excluding tert-OH is 3. The van der Waals surface area contributed by atoms with Crippen LogP contribution in [0.3, 0.4) is 0 Å². The Hall–Kier alpha value is -6.61. The summed E-state index contributed by atoms with van der Waals surface area (Å²) in [6, 6.07) is 9.60. The molecule has 4 aromatic rings. The number of benzene rings is 4. The maximum Gasteiger partial charge on any atom is 0.202 e. The van der Waals surface area contributed by atoms with E-state index in [0.29, 0.717) is 57.3 Å². The van der Waals surface area contributed by atoms with Gasteiger partial charge >= 0.3 is 0 Å². The first-order chi connectivity index (χ1) is 37.0. The summed E-state index contributed by atoms with van der Waals surface area (Å²) in [6.07, 6.45) is -2.03. The fourth-order valence-electron chi connectivity index (χ4n) is 10.6. The summed E-state index contributed by atoms with van der Waals surface area (Å²) in [7, 11) is 1.34. The number of anilines is 2. The van der Waals surface area contributed by atoms with Gasteiger partial charge in [0.15, 0.2) is 24.1 Å². The smallest absolute Gasteiger partial charge is 0.202 e. The van der Waals surface area contributed by atoms with Crippen LogP contribution in [0.4, 0.5) is 11.4 Å². The summed E-state index contributed by atoms with van der Waals surface area (Å²) in [5.74, 6) is -5.53. The quantitative estimate of drug-likeness (QED) is 0.0403. The average Bonchev–Trinajstić information content (AvgIpc) is 3.56. The molecule has 0 saturated carbocycles. The van der Waals surface area contributed by atoms with E-state index in [1.54, 1.807) is 19.1 Å². The highest BCUT2D eigenvalue weighted by Gasteiger charge is 2.51. The first-order valence-corrected chi connectivity index (χ1v) is 25.5. The van der Waals surface area contributed by atoms with Crippen molar-refractivity contribution in [2.24, 2.45) is 5.73 Å². The number of carbonyl (C=O) groups is 5. The molecule has 0 amide bonds. The fourth-order valence-corrected chi connectivity index (χ4v) is 10.6. The molecule has 3 aliphatic carbocycles. The van der Waals surface area contributed by atoms with Crippen LogP contribution >= 0.6 is 0 Å². The molecule has 23 nitrogen and oxygen atoms in total. The van der Waals surface area contributed by atoms with Crippen LogP contribution in [0.25, 0.3) is 0 Å². The molecule has 2 heterocycles. The van der Waals surface area contributed by atoms with Gasteiger partial charge in [0.25, 0.3) is 0 Å². The number of aliphatic hydroxyl groups is 4. The van der Waals surface area contributed by atoms with Crippen molar-refractivity contribution >= 4 is 40.3 Å². The van der Waals surface area contributed by atoms with Gasteiger partial charge in [-0.25, -0.2) is 0 Å². The fraction of sp³-hybridized carbons (Fsp3) is 0.463. The van der Waals surface area contributed by atoms with Crippen molar-refractivity contribution in [3.05, 3.63) is 98.1 Å². The summed E-state index contributed by atoms with van der Waals surface area (Å²) in [6.45, 7) is 4.16. The summed E-state index contributed by atoms with van der Waals surface area (Å²) >= 11 is 0. The Bertz CT molecular complexity index is 2820. The molecule has 77 heavy (non-hydrogen) atoms. The second-order valence-corrected chi connectivity index (χ2v) is 19.3. The lowest BCUT2D eigenvalue weighted by Crippen LogP contribution is -2.55. The number of methoxy groups -OCH3 is 1. The van der Waals surface area contributed by atoms with E-state index in [2.05, 4.69) is 21.3 Å². The second-order valence-electron chi connectivity index (χ2n) is 19.3. The summed E-state index contributed by atoms with van der Waals surface area (Å²) < 4.78 is 29.5. The Morgan fingerprint density at radius 2 is 1.31 bits per heavy atom. The van der Waals surface area contributed by atoms with Crippen molar-refractivity contribution in [3.63, 3.8) is 0 Å². The van der Waals surface area contributed by atoms with E-state index >= 15 is 0 Å². The lowest BCUT2D eigenvalue weighted by Gasteiger charge is -2.43. The van der Waals surface area contributed by atoms with Gasteiger partial charge in [-0.2, -0.15) is 0 Å². The Kier molecular flexibility index (Phi) is 17.9. The number of nitrogens with one attached hydrogen (secondary N) is 4. The molecule has 14 N–H and O–H groups in total. The van der Waals surface area contributed by atoms with Gasteiger partial charge in [-0.15, -0.1) is 0 Å². The summed E-state index contributed by atoms with van der Waals surface area (Å²) in [4.78, 5) is 67.0. The van der Waals surface area contributed by atoms with E-state index in [1.165, 1.54) is 37.4 Å². The van der Waals surface area contributed by atoms with E-state index in [0.717, 1.165) is 19.3 Å². The zero-order chi connectivity index (χ0) is 55.3. The number of fused-ring (bicyclic) bond motifs is 5. The number of hydrogen-bond acceptors (Lipinski definition) is 23. The third-order valence-electron chi connectivity index (χ3n) is 14.3. The van der Waals surface area contributed by atoms with Crippen LogP contribution in [-0.4, -0.2) is 179 Å². The van der Waals surface area contributed by atoms with Crippen LogP contribution in [0.5, 0.6) is 28.7 Å². The van der Waals surface area contributed by atoms with Gasteiger partial charge in [-0.3, -0.25) is 24.0 Å². The van der Waals surface area contributed by atoms with Gasteiger partial charge in [-0.1, -0.05) is 12.1 Å². The number of ketones is 5. The Morgan fingerprint density at radius 3 is 1.86 bits per heavy atom. The van der Waals surface area contributed by atoms with Crippen molar-refractivity contribution in [1.82, 2.24) is 10.6 Å². The first-order valence-electron chi connectivity index (χ1n) is 25.5. The molecular formula is C54H65N5O18. The lowest BCUT2D eigenvalue weighted by molar-refractivity contribution is -0.281. The van der Waals surface area contributed by atoms with Gasteiger partial charge < -0.3 is 91.5 Å². The van der Waals surface area contributed by atoms with E-state index in [9.17, 15) is 54.6 Å². The van der Waals surface area contributed by atoms with E-state index in [1.807, 2.05) is 0 Å². The van der Waals surface area contributed by atoms with Crippen LogP contribution in [0, 0.1) is 0 Å². The Labute approximate surface area is 442 Å². The molecular weight excluding hydrogens is 1010 g/mol. The number of Topliss-reactive ketones (excluding diaryl/α,β-unsaturated/α-hetero) is 1. The largest absolute Gasteiger partial charge is 0.507 e. The minimum atomic E-state index is -2.24. The number of hydrogen-bond donors (Lipinski definition) is 13. The third-order valence-corrected chi connectivity index (χ3v) is 14.3. The molecule has 0 bridgehead atoms. The van der Waals surface area contributed by atoms with Gasteiger partial charge in [0, 0.05) is 99.2 Å². The molecule has 9 rings (SSSR count). The standard InChI is InChI=1S/C32H37NO12.C22H28N4O6/c1-14-31(45-21-8-3-4-9-42-21)17(33)10-22(43-14)44-19-12-32(40,20(35)13-34)11-16-24(19)30(39)26-25(28(16)37)27(36)15-6-5-7-18(41-2)23(15)29(26)38;27-11-9-23-5-7-25-13-1-2-14(26-8-6-24-10-12-28)18-17(13)21(31)19-15(29)3-4-16(30)20(19)22(18)32/h5-7,14,17,19,21-22,31,34,37,39-40H,3-4,8-13,33H2,1-2H3;1-4,23-30H,5-12H2/t14-,17-,19-,21+,22-,31+,32-;/m0./s1. The third kappa shape index (κ3) is 11.2. The Morgan fingerprint density at radius 1 is 0.714 bits per heavy atom. The van der Waals surface area contributed by atoms with Gasteiger partial charge in [-0.05, 0) is 56.5 Å². The van der Waals surface area contributed by atoms with E-state index in [4.69, 9.17) is 39.6 Å². The highest BCUT2D eigenvalue weighted by molar-refractivity contribution is 6.34. The van der Waals surface area contributed by atoms with Gasteiger partial charge in [0.1, 0.15) is 47.1 Å². The summed E-state index contributed by atoms with van der Waals surface area (Å²) in [5, 5.41) is 94.8. The predicted molar refractivity (Wildman–Crippen MR) is 274 cm³/mol. The molecule has 0 unspecified atom stereocenters. The molecule has 5 aliphatic rings. The molecule has 2 fully saturated rings. The predicted octanol–water partition coefficient (Wildman–Crippen LogP) is 1.41. The van der Waals surface area contributed by atoms with Crippen molar-refractivity contribution in [2.75, 3.05) is 83.4 Å². The molecule has 23 heteroatoms. The average molecular weight is 1070 g/mol. The maximum atomic E-state index is 13.8. The molecule has 2 aliphatic heterocycles. The highest BCUT2D eigenvalue weighted by atomic mass is 16.7. The van der Waals surface area contributed by atoms with Crippen molar-refractivity contribution in [2.45, 2.75) is 88.0 Å². The van der Waals surface area contributed by atoms with Gasteiger partial charge in [0.05, 0.1) is 71.5 Å². The second kappa shape index (κ2) is 24.4. The number of nitrogens with two attached hydrogens (primary N) is 1. The van der Waals surface area contributed by atoms with Crippen LogP contribution in [0.2, 0.25) is 0 Å². The molecule has 7 atom stereocenters.